The first kappa shape index (κ1) is 34.6. The molecule has 0 radical (unpaired) electrons. The highest BCUT2D eigenvalue weighted by Gasteiger charge is 2.70. The molecule has 5 fully saturated rings. The number of rotatable bonds is 8. The SMILES string of the molecule is CC(=O)O[C@H]1C[C@@]2(C)[C@@H](C[C@@H](O)C3[C@]2(C)CC[C@H]2[C@H](C)[C@H](O)CC[C@]32C)/C1=C(\CCC=C(C)C)C(=O)NCCN1CCOCC1. The molecular weight excluding hydrogens is 568 g/mol. The van der Waals surface area contributed by atoms with E-state index in [1.807, 2.05) is 0 Å². The summed E-state index contributed by atoms with van der Waals surface area (Å²) < 4.78 is 11.6. The first-order valence-electron chi connectivity index (χ1n) is 17.7. The van der Waals surface area contributed by atoms with E-state index in [-0.39, 0.29) is 52.0 Å². The van der Waals surface area contributed by atoms with Crippen molar-refractivity contribution >= 4 is 11.9 Å². The maximum absolute atomic E-state index is 14.1. The van der Waals surface area contributed by atoms with Gasteiger partial charge >= 0.3 is 5.97 Å². The molecule has 8 nitrogen and oxygen atoms in total. The Hall–Kier alpha value is -1.74. The van der Waals surface area contributed by atoms with Gasteiger partial charge in [0, 0.05) is 38.7 Å². The van der Waals surface area contributed by atoms with Crippen LogP contribution < -0.4 is 5.32 Å². The monoisotopic (exact) mass is 628 g/mol. The van der Waals surface area contributed by atoms with Crippen LogP contribution in [0.5, 0.6) is 0 Å². The van der Waals surface area contributed by atoms with Crippen molar-refractivity contribution in [1.82, 2.24) is 10.2 Å². The van der Waals surface area contributed by atoms with Crippen molar-refractivity contribution in [2.24, 2.45) is 39.9 Å². The summed E-state index contributed by atoms with van der Waals surface area (Å²) >= 11 is 0. The molecule has 10 atom stereocenters. The second-order valence-electron chi connectivity index (χ2n) is 16.1. The van der Waals surface area contributed by atoms with Gasteiger partial charge in [-0.25, -0.2) is 0 Å². The van der Waals surface area contributed by atoms with Crippen LogP contribution in [0.25, 0.3) is 0 Å². The minimum absolute atomic E-state index is 0.0587. The number of ether oxygens (including phenoxy) is 2. The molecule has 1 heterocycles. The maximum atomic E-state index is 14.1. The molecule has 0 aromatic carbocycles. The molecule has 1 saturated heterocycles. The summed E-state index contributed by atoms with van der Waals surface area (Å²) in [6.45, 7) is 19.4. The lowest BCUT2D eigenvalue weighted by molar-refractivity contribution is -0.234. The number of hydrogen-bond acceptors (Lipinski definition) is 7. The van der Waals surface area contributed by atoms with Crippen molar-refractivity contribution in [2.45, 2.75) is 118 Å². The smallest absolute Gasteiger partial charge is 0.303 e. The highest BCUT2D eigenvalue weighted by Crippen LogP contribution is 2.74. The fourth-order valence-corrected chi connectivity index (χ4v) is 11.1. The number of hydrogen-bond donors (Lipinski definition) is 3. The van der Waals surface area contributed by atoms with E-state index in [0.29, 0.717) is 31.7 Å². The van der Waals surface area contributed by atoms with Crippen molar-refractivity contribution in [3.8, 4) is 0 Å². The number of nitrogens with one attached hydrogen (secondary N) is 1. The summed E-state index contributed by atoms with van der Waals surface area (Å²) in [5.74, 6) is 0.192. The topological polar surface area (TPSA) is 108 Å². The van der Waals surface area contributed by atoms with E-state index < -0.39 is 12.2 Å². The molecule has 0 spiro atoms. The number of aliphatic hydroxyl groups is 2. The second kappa shape index (κ2) is 13.4. The van der Waals surface area contributed by atoms with Gasteiger partial charge in [0.05, 0.1) is 25.4 Å². The largest absolute Gasteiger partial charge is 0.458 e. The van der Waals surface area contributed by atoms with Crippen LogP contribution in [0.2, 0.25) is 0 Å². The lowest BCUT2D eigenvalue weighted by Crippen LogP contribution is -2.65. The number of nitrogens with zero attached hydrogens (tertiary/aromatic N) is 1. The number of fused-ring (bicyclic) bond motifs is 5. The molecule has 4 saturated carbocycles. The average molecular weight is 629 g/mol. The highest BCUT2D eigenvalue weighted by atomic mass is 16.5. The number of carbonyl (C=O) groups is 2. The van der Waals surface area contributed by atoms with Crippen LogP contribution >= 0.6 is 0 Å². The highest BCUT2D eigenvalue weighted by molar-refractivity contribution is 5.94. The predicted octanol–water partition coefficient (Wildman–Crippen LogP) is 5.03. The van der Waals surface area contributed by atoms with Crippen LogP contribution in [0.3, 0.4) is 0 Å². The van der Waals surface area contributed by atoms with Crippen molar-refractivity contribution in [2.75, 3.05) is 39.4 Å². The van der Waals surface area contributed by atoms with Gasteiger partial charge in [0.2, 0.25) is 5.91 Å². The third-order valence-electron chi connectivity index (χ3n) is 13.4. The molecule has 8 heteroatoms. The molecular formula is C37H60N2O6. The molecule has 254 valence electrons. The average Bonchev–Trinajstić information content (AvgIpc) is 3.24. The Morgan fingerprint density at radius 1 is 1.04 bits per heavy atom. The van der Waals surface area contributed by atoms with Crippen LogP contribution in [0, 0.1) is 39.9 Å². The predicted molar refractivity (Wildman–Crippen MR) is 175 cm³/mol. The van der Waals surface area contributed by atoms with Gasteiger partial charge in [-0.15, -0.1) is 0 Å². The fourth-order valence-electron chi connectivity index (χ4n) is 11.1. The summed E-state index contributed by atoms with van der Waals surface area (Å²) in [7, 11) is 0. The van der Waals surface area contributed by atoms with Crippen molar-refractivity contribution in [1.29, 1.82) is 0 Å². The Labute approximate surface area is 271 Å². The number of morpholine rings is 1. The van der Waals surface area contributed by atoms with Crippen molar-refractivity contribution in [3.05, 3.63) is 22.8 Å². The summed E-state index contributed by atoms with van der Waals surface area (Å²) in [5, 5.41) is 26.2. The van der Waals surface area contributed by atoms with Crippen molar-refractivity contribution in [3.63, 3.8) is 0 Å². The Morgan fingerprint density at radius 2 is 1.76 bits per heavy atom. The van der Waals surface area contributed by atoms with E-state index in [0.717, 1.165) is 76.1 Å². The van der Waals surface area contributed by atoms with Crippen molar-refractivity contribution < 1.29 is 29.3 Å². The van der Waals surface area contributed by atoms with Crippen LogP contribution in [-0.2, 0) is 19.1 Å². The van der Waals surface area contributed by atoms with Crippen LogP contribution in [-0.4, -0.2) is 84.7 Å². The number of carbonyl (C=O) groups excluding carboxylic acids is 2. The zero-order valence-electron chi connectivity index (χ0n) is 29.0. The van der Waals surface area contributed by atoms with Gasteiger partial charge in [-0.05, 0) is 111 Å². The first-order chi connectivity index (χ1) is 21.2. The molecule has 5 rings (SSSR count). The van der Waals surface area contributed by atoms with E-state index in [4.69, 9.17) is 9.47 Å². The standard InChI is InChI=1S/C37H60N2O6/c1-23(2)9-8-10-26(34(43)38-15-16-39-17-19-44-20-18-39)32-28-21-30(42)33-35(5)13-12-29(41)24(3)27(35)11-14-36(33,6)37(28,7)22-31(32)45-25(4)40/h9,24,27-31,33,41-42H,8,10-22H2,1-7H3,(H,38,43)/b32-26-/t24-,27-,28-,29+,30+,31-,33?,35-,36-,37-/m0/s1. The molecule has 1 amide bonds. The van der Waals surface area contributed by atoms with Crippen LogP contribution in [0.1, 0.15) is 99.8 Å². The number of amides is 1. The Bertz CT molecular complexity index is 1170. The molecule has 1 aliphatic heterocycles. The zero-order chi connectivity index (χ0) is 32.7. The minimum atomic E-state index is -0.530. The molecule has 4 aliphatic carbocycles. The zero-order valence-corrected chi connectivity index (χ0v) is 29.0. The van der Waals surface area contributed by atoms with E-state index >= 15 is 0 Å². The normalized spacial score (nSPS) is 42.6. The Kier molecular flexibility index (Phi) is 10.3. The number of esters is 1. The lowest BCUT2D eigenvalue weighted by Gasteiger charge is -2.69. The maximum Gasteiger partial charge on any atom is 0.303 e. The third kappa shape index (κ3) is 6.30. The second-order valence-corrected chi connectivity index (χ2v) is 16.1. The molecule has 1 unspecified atom stereocenters. The van der Waals surface area contributed by atoms with E-state index in [2.05, 4.69) is 57.8 Å². The molecule has 45 heavy (non-hydrogen) atoms. The van der Waals surface area contributed by atoms with E-state index in [1.165, 1.54) is 12.5 Å². The number of allylic oxidation sites excluding steroid dienone is 2. The van der Waals surface area contributed by atoms with Crippen LogP contribution in [0.4, 0.5) is 0 Å². The van der Waals surface area contributed by atoms with E-state index in [1.54, 1.807) is 0 Å². The first-order valence-corrected chi connectivity index (χ1v) is 17.7. The lowest BCUT2D eigenvalue weighted by atomic mass is 9.36. The molecule has 0 bridgehead atoms. The minimum Gasteiger partial charge on any atom is -0.458 e. The van der Waals surface area contributed by atoms with Gasteiger partial charge in [0.15, 0.2) is 0 Å². The molecule has 0 aromatic rings. The molecule has 0 aromatic heterocycles. The van der Waals surface area contributed by atoms with Gasteiger partial charge in [-0.1, -0.05) is 39.3 Å². The summed E-state index contributed by atoms with van der Waals surface area (Å²) in [6, 6.07) is 0. The van der Waals surface area contributed by atoms with Gasteiger partial charge in [-0.2, -0.15) is 0 Å². The quantitative estimate of drug-likeness (QED) is 0.197. The van der Waals surface area contributed by atoms with E-state index in [9.17, 15) is 19.8 Å². The summed E-state index contributed by atoms with van der Waals surface area (Å²) in [6.07, 6.45) is 7.07. The summed E-state index contributed by atoms with van der Waals surface area (Å²) in [4.78, 5) is 29.0. The van der Waals surface area contributed by atoms with Gasteiger partial charge in [0.25, 0.3) is 0 Å². The Morgan fingerprint density at radius 3 is 2.42 bits per heavy atom. The van der Waals surface area contributed by atoms with Gasteiger partial charge in [-0.3, -0.25) is 14.5 Å². The molecule has 5 aliphatic rings. The van der Waals surface area contributed by atoms with Gasteiger partial charge in [0.1, 0.15) is 6.10 Å². The third-order valence-corrected chi connectivity index (χ3v) is 13.4. The fraction of sp³-hybridized carbons (Fsp3) is 0.838. The number of aliphatic hydroxyl groups excluding tert-OH is 2. The van der Waals surface area contributed by atoms with Gasteiger partial charge < -0.3 is 25.0 Å². The van der Waals surface area contributed by atoms with Crippen LogP contribution in [0.15, 0.2) is 22.8 Å². The molecule has 3 N–H and O–H groups in total. The Balaban J connectivity index is 1.52. The summed E-state index contributed by atoms with van der Waals surface area (Å²) in [5.41, 5.74) is 2.34.